The Kier molecular flexibility index (Phi) is 4.24. The smallest absolute Gasteiger partial charge is 0.335 e. The second-order valence-electron chi connectivity index (χ2n) is 4.49. The molecule has 0 bridgehead atoms. The fraction of sp³-hybridized carbons (Fsp3) is 0.286. The third-order valence-electron chi connectivity index (χ3n) is 3.08. The van der Waals surface area contributed by atoms with Gasteiger partial charge in [0, 0.05) is 0 Å². The molecule has 0 aromatic heterocycles. The predicted molar refractivity (Wildman–Crippen MR) is 71.0 cm³/mol. The first-order valence-corrected chi connectivity index (χ1v) is 6.28. The van der Waals surface area contributed by atoms with Gasteiger partial charge in [0.1, 0.15) is 0 Å². The molecule has 0 heterocycles. The molecule has 0 spiro atoms. The lowest BCUT2D eigenvalue weighted by molar-refractivity contribution is -0.133. The minimum absolute atomic E-state index is 0.123. The molecule has 0 radical (unpaired) electrons. The zero-order valence-electron chi connectivity index (χ0n) is 10.7. The van der Waals surface area contributed by atoms with Crippen molar-refractivity contribution in [2.24, 2.45) is 10.2 Å². The number of nitrogens with zero attached hydrogens (tertiary/aromatic N) is 2. The SMILES string of the molecule is O=C(O)C1=C(/N=N/c2cccc(C(=O)O)c2)CCCC1. The summed E-state index contributed by atoms with van der Waals surface area (Å²) in [5.41, 5.74) is 1.30. The van der Waals surface area contributed by atoms with Gasteiger partial charge in [0.25, 0.3) is 0 Å². The number of hydrogen-bond acceptors (Lipinski definition) is 4. The first-order chi connectivity index (χ1) is 9.58. The molecule has 20 heavy (non-hydrogen) atoms. The van der Waals surface area contributed by atoms with Gasteiger partial charge in [-0.2, -0.15) is 10.2 Å². The molecule has 1 aromatic rings. The second-order valence-corrected chi connectivity index (χ2v) is 4.49. The Labute approximate surface area is 115 Å². The van der Waals surface area contributed by atoms with Gasteiger partial charge < -0.3 is 10.2 Å². The van der Waals surface area contributed by atoms with Crippen molar-refractivity contribution < 1.29 is 19.8 Å². The van der Waals surface area contributed by atoms with Crippen LogP contribution in [0.3, 0.4) is 0 Å². The van der Waals surface area contributed by atoms with E-state index in [1.165, 1.54) is 12.1 Å². The van der Waals surface area contributed by atoms with Crippen molar-refractivity contribution in [1.82, 2.24) is 0 Å². The number of aromatic carboxylic acids is 1. The molecule has 0 unspecified atom stereocenters. The summed E-state index contributed by atoms with van der Waals surface area (Å²) in [6, 6.07) is 6.06. The molecular weight excluding hydrogens is 260 g/mol. The average Bonchev–Trinajstić information content (AvgIpc) is 2.45. The second kappa shape index (κ2) is 6.10. The Bertz CT molecular complexity index is 605. The number of carbonyl (C=O) groups is 2. The Hall–Kier alpha value is -2.50. The van der Waals surface area contributed by atoms with Crippen molar-refractivity contribution in [1.29, 1.82) is 0 Å². The lowest BCUT2D eigenvalue weighted by Gasteiger charge is -2.12. The first-order valence-electron chi connectivity index (χ1n) is 6.28. The number of allylic oxidation sites excluding steroid dienone is 1. The van der Waals surface area contributed by atoms with E-state index in [1.54, 1.807) is 12.1 Å². The van der Waals surface area contributed by atoms with E-state index in [9.17, 15) is 9.59 Å². The molecule has 0 amide bonds. The van der Waals surface area contributed by atoms with Crippen LogP contribution in [0.25, 0.3) is 0 Å². The fourth-order valence-electron chi connectivity index (χ4n) is 2.05. The standard InChI is InChI=1S/C14H14N2O4/c17-13(18)9-4-3-5-10(8-9)15-16-12-7-2-1-6-11(12)14(19)20/h3-5,8H,1-2,6-7H2,(H,17,18)(H,19,20)/b16-15+. The maximum Gasteiger partial charge on any atom is 0.335 e. The summed E-state index contributed by atoms with van der Waals surface area (Å²) < 4.78 is 0. The van der Waals surface area contributed by atoms with E-state index in [0.29, 0.717) is 29.8 Å². The Morgan fingerprint density at radius 2 is 1.75 bits per heavy atom. The number of carboxylic acid groups (broad SMARTS) is 2. The van der Waals surface area contributed by atoms with E-state index >= 15 is 0 Å². The number of hydrogen-bond donors (Lipinski definition) is 2. The quantitative estimate of drug-likeness (QED) is 0.822. The lowest BCUT2D eigenvalue weighted by Crippen LogP contribution is -2.07. The van der Waals surface area contributed by atoms with E-state index in [1.807, 2.05) is 0 Å². The first kappa shape index (κ1) is 13.9. The third kappa shape index (κ3) is 3.28. The zero-order valence-corrected chi connectivity index (χ0v) is 10.7. The van der Waals surface area contributed by atoms with Crippen LogP contribution >= 0.6 is 0 Å². The van der Waals surface area contributed by atoms with Crippen LogP contribution in [-0.4, -0.2) is 22.2 Å². The summed E-state index contributed by atoms with van der Waals surface area (Å²) in [7, 11) is 0. The molecule has 1 aliphatic carbocycles. The number of azo groups is 1. The van der Waals surface area contributed by atoms with Crippen LogP contribution in [0.2, 0.25) is 0 Å². The van der Waals surface area contributed by atoms with Crippen molar-refractivity contribution in [3.8, 4) is 0 Å². The van der Waals surface area contributed by atoms with E-state index in [2.05, 4.69) is 10.2 Å². The molecule has 0 atom stereocenters. The van der Waals surface area contributed by atoms with Gasteiger partial charge in [-0.3, -0.25) is 0 Å². The van der Waals surface area contributed by atoms with Crippen LogP contribution in [0.5, 0.6) is 0 Å². The molecule has 0 fully saturated rings. The minimum Gasteiger partial charge on any atom is -0.478 e. The molecule has 6 heteroatoms. The fourth-order valence-corrected chi connectivity index (χ4v) is 2.05. The van der Waals surface area contributed by atoms with E-state index in [0.717, 1.165) is 12.8 Å². The van der Waals surface area contributed by atoms with Gasteiger partial charge >= 0.3 is 11.9 Å². The molecule has 0 saturated carbocycles. The third-order valence-corrected chi connectivity index (χ3v) is 3.08. The average molecular weight is 274 g/mol. The van der Waals surface area contributed by atoms with E-state index in [4.69, 9.17) is 10.2 Å². The van der Waals surface area contributed by atoms with Crippen molar-refractivity contribution in [3.63, 3.8) is 0 Å². The van der Waals surface area contributed by atoms with Crippen molar-refractivity contribution >= 4 is 17.6 Å². The normalized spacial score (nSPS) is 15.6. The van der Waals surface area contributed by atoms with Crippen molar-refractivity contribution in [2.45, 2.75) is 25.7 Å². The Morgan fingerprint density at radius 3 is 2.45 bits per heavy atom. The van der Waals surface area contributed by atoms with E-state index in [-0.39, 0.29) is 5.56 Å². The van der Waals surface area contributed by atoms with Crippen molar-refractivity contribution in [2.75, 3.05) is 0 Å². The van der Waals surface area contributed by atoms with Gasteiger partial charge in [0.2, 0.25) is 0 Å². The van der Waals surface area contributed by atoms with Gasteiger partial charge in [0.15, 0.2) is 0 Å². The molecule has 6 nitrogen and oxygen atoms in total. The Balaban J connectivity index is 2.26. The van der Waals surface area contributed by atoms with Gasteiger partial charge in [0.05, 0.1) is 22.5 Å². The van der Waals surface area contributed by atoms with Gasteiger partial charge in [-0.1, -0.05) is 6.07 Å². The molecule has 104 valence electrons. The Morgan fingerprint density at radius 1 is 1.00 bits per heavy atom. The highest BCUT2D eigenvalue weighted by Gasteiger charge is 2.18. The molecule has 2 rings (SSSR count). The molecule has 0 saturated heterocycles. The van der Waals surface area contributed by atoms with Crippen LogP contribution in [0, 0.1) is 0 Å². The lowest BCUT2D eigenvalue weighted by atomic mass is 9.97. The highest BCUT2D eigenvalue weighted by atomic mass is 16.4. The van der Waals surface area contributed by atoms with Crippen molar-refractivity contribution in [3.05, 3.63) is 41.1 Å². The summed E-state index contributed by atoms with van der Waals surface area (Å²) in [5, 5.41) is 25.9. The van der Waals surface area contributed by atoms with Crippen LogP contribution in [-0.2, 0) is 4.79 Å². The largest absolute Gasteiger partial charge is 0.478 e. The number of benzene rings is 1. The maximum absolute atomic E-state index is 11.1. The summed E-state index contributed by atoms with van der Waals surface area (Å²) in [5.74, 6) is -2.00. The van der Waals surface area contributed by atoms with Crippen LogP contribution in [0.4, 0.5) is 5.69 Å². The van der Waals surface area contributed by atoms with Gasteiger partial charge in [-0.15, -0.1) is 0 Å². The summed E-state index contributed by atoms with van der Waals surface area (Å²) in [6.45, 7) is 0. The predicted octanol–water partition coefficient (Wildman–Crippen LogP) is 3.38. The molecule has 1 aromatic carbocycles. The molecule has 0 aliphatic heterocycles. The number of carboxylic acids is 2. The van der Waals surface area contributed by atoms with E-state index < -0.39 is 11.9 Å². The monoisotopic (exact) mass is 274 g/mol. The summed E-state index contributed by atoms with van der Waals surface area (Å²) >= 11 is 0. The zero-order chi connectivity index (χ0) is 14.5. The molecular formula is C14H14N2O4. The molecule has 2 N–H and O–H groups in total. The molecule has 1 aliphatic rings. The van der Waals surface area contributed by atoms with Crippen LogP contribution in [0.15, 0.2) is 45.8 Å². The summed E-state index contributed by atoms with van der Waals surface area (Å²) in [6.07, 6.45) is 2.82. The van der Waals surface area contributed by atoms with Crippen LogP contribution < -0.4 is 0 Å². The highest BCUT2D eigenvalue weighted by molar-refractivity contribution is 5.88. The van der Waals surface area contributed by atoms with Gasteiger partial charge in [-0.25, -0.2) is 9.59 Å². The number of aliphatic carboxylic acids is 1. The van der Waals surface area contributed by atoms with Gasteiger partial charge in [-0.05, 0) is 43.9 Å². The highest BCUT2D eigenvalue weighted by Crippen LogP contribution is 2.27. The van der Waals surface area contributed by atoms with Crippen LogP contribution in [0.1, 0.15) is 36.0 Å². The maximum atomic E-state index is 11.1. The minimum atomic E-state index is -1.04. The topological polar surface area (TPSA) is 99.3 Å². The summed E-state index contributed by atoms with van der Waals surface area (Å²) in [4.78, 5) is 21.9. The number of rotatable bonds is 4.